The van der Waals surface area contributed by atoms with Gasteiger partial charge in [-0.3, -0.25) is 4.79 Å². The number of likely N-dealkylation sites (tertiary alicyclic amines) is 1. The molecule has 8 nitrogen and oxygen atoms in total. The molecule has 0 bridgehead atoms. The number of allylic oxidation sites excluding steroid dienone is 4. The zero-order valence-electron chi connectivity index (χ0n) is 17.2. The van der Waals surface area contributed by atoms with Crippen molar-refractivity contribution in [3.05, 3.63) is 53.8 Å². The summed E-state index contributed by atoms with van der Waals surface area (Å²) in [6.45, 7) is 5.03. The van der Waals surface area contributed by atoms with E-state index in [0.29, 0.717) is 30.1 Å². The largest absolute Gasteiger partial charge is 0.462 e. The van der Waals surface area contributed by atoms with Gasteiger partial charge in [-0.15, -0.1) is 0 Å². The first kappa shape index (κ1) is 21.0. The van der Waals surface area contributed by atoms with Crippen molar-refractivity contribution in [1.29, 1.82) is 5.26 Å². The standard InChI is InChI=1S/C22H26N6O2/c1-3-4-6-15(2)30-18-10-8-16(9-11-18)20-19(22(25)29)21(24)28(26-20)17-7-5-12-27(13-17)14-23/h3-4,6,8-11,17H,5,7,12-13,24H2,1-2H3,(H2,25,29)/b4-3-,15-6+/t17-/m1/s1. The van der Waals surface area contributed by atoms with Gasteiger partial charge in [-0.1, -0.05) is 12.2 Å². The topological polar surface area (TPSA) is 123 Å². The first-order valence-electron chi connectivity index (χ1n) is 9.85. The van der Waals surface area contributed by atoms with E-state index in [4.69, 9.17) is 16.2 Å². The van der Waals surface area contributed by atoms with Gasteiger partial charge >= 0.3 is 0 Å². The van der Waals surface area contributed by atoms with Gasteiger partial charge in [-0.05, 0) is 57.0 Å². The van der Waals surface area contributed by atoms with Crippen LogP contribution in [0.25, 0.3) is 11.3 Å². The minimum atomic E-state index is -0.632. The van der Waals surface area contributed by atoms with Crippen LogP contribution >= 0.6 is 0 Å². The second kappa shape index (κ2) is 9.18. The maximum atomic E-state index is 12.1. The van der Waals surface area contributed by atoms with Crippen LogP contribution in [0.3, 0.4) is 0 Å². The van der Waals surface area contributed by atoms with Gasteiger partial charge in [-0.2, -0.15) is 10.4 Å². The Bertz CT molecular complexity index is 1010. The van der Waals surface area contributed by atoms with E-state index in [1.807, 2.05) is 44.2 Å². The average Bonchev–Trinajstić information content (AvgIpc) is 3.10. The fraction of sp³-hybridized carbons (Fsp3) is 0.318. The molecular formula is C22H26N6O2. The highest BCUT2D eigenvalue weighted by molar-refractivity contribution is 6.03. The van der Waals surface area contributed by atoms with Crippen LogP contribution < -0.4 is 16.2 Å². The molecule has 8 heteroatoms. The van der Waals surface area contributed by atoms with E-state index in [-0.39, 0.29) is 17.4 Å². The zero-order valence-corrected chi connectivity index (χ0v) is 17.2. The first-order valence-corrected chi connectivity index (χ1v) is 9.85. The van der Waals surface area contributed by atoms with Crippen LogP contribution in [0.1, 0.15) is 43.1 Å². The van der Waals surface area contributed by atoms with Gasteiger partial charge in [0.25, 0.3) is 5.91 Å². The summed E-state index contributed by atoms with van der Waals surface area (Å²) >= 11 is 0. The minimum absolute atomic E-state index is 0.0905. The lowest BCUT2D eigenvalue weighted by atomic mass is 10.1. The van der Waals surface area contributed by atoms with Crippen molar-refractivity contribution in [3.63, 3.8) is 0 Å². The Hall–Kier alpha value is -3.73. The predicted octanol–water partition coefficient (Wildman–Crippen LogP) is 3.21. The summed E-state index contributed by atoms with van der Waals surface area (Å²) < 4.78 is 7.40. The summed E-state index contributed by atoms with van der Waals surface area (Å²) in [6.07, 6.45) is 9.54. The Morgan fingerprint density at radius 3 is 2.73 bits per heavy atom. The fourth-order valence-corrected chi connectivity index (χ4v) is 3.55. The number of ether oxygens (including phenoxy) is 1. The van der Waals surface area contributed by atoms with Crippen molar-refractivity contribution < 1.29 is 9.53 Å². The zero-order chi connectivity index (χ0) is 21.7. The maximum Gasteiger partial charge on any atom is 0.254 e. The van der Waals surface area contributed by atoms with E-state index >= 15 is 0 Å². The third kappa shape index (κ3) is 4.46. The van der Waals surface area contributed by atoms with Crippen LogP contribution in [0.2, 0.25) is 0 Å². The van der Waals surface area contributed by atoms with Gasteiger partial charge in [0.05, 0.1) is 12.6 Å². The number of carbonyl (C=O) groups excluding carboxylic acids is 1. The van der Waals surface area contributed by atoms with Gasteiger partial charge in [0.2, 0.25) is 0 Å². The Balaban J connectivity index is 1.92. The molecule has 1 atom stereocenters. The molecule has 1 fully saturated rings. The molecule has 0 saturated carbocycles. The van der Waals surface area contributed by atoms with E-state index in [2.05, 4.69) is 11.3 Å². The molecule has 30 heavy (non-hydrogen) atoms. The number of rotatable bonds is 6. The number of aromatic nitrogens is 2. The summed E-state index contributed by atoms with van der Waals surface area (Å²) in [4.78, 5) is 13.8. The number of nitriles is 1. The number of anilines is 1. The van der Waals surface area contributed by atoms with Crippen LogP contribution in [0.15, 0.2) is 48.3 Å². The highest BCUT2D eigenvalue weighted by atomic mass is 16.5. The molecule has 0 spiro atoms. The summed E-state index contributed by atoms with van der Waals surface area (Å²) in [5.41, 5.74) is 13.2. The molecule has 2 heterocycles. The minimum Gasteiger partial charge on any atom is -0.462 e. The van der Waals surface area contributed by atoms with E-state index in [0.717, 1.165) is 18.6 Å². The number of hydrogen-bond donors (Lipinski definition) is 2. The van der Waals surface area contributed by atoms with Crippen LogP contribution in [0.4, 0.5) is 5.82 Å². The molecule has 1 aliphatic heterocycles. The lowest BCUT2D eigenvalue weighted by Gasteiger charge is -2.29. The molecule has 3 rings (SSSR count). The Labute approximate surface area is 176 Å². The highest BCUT2D eigenvalue weighted by Gasteiger charge is 2.28. The van der Waals surface area contributed by atoms with Gasteiger partial charge in [0, 0.05) is 12.1 Å². The lowest BCUT2D eigenvalue weighted by Crippen LogP contribution is -2.34. The van der Waals surface area contributed by atoms with Crippen LogP contribution in [0.5, 0.6) is 5.75 Å². The quantitative estimate of drug-likeness (QED) is 0.431. The smallest absolute Gasteiger partial charge is 0.254 e. The Kier molecular flexibility index (Phi) is 6.42. The normalized spacial score (nSPS) is 17.2. The van der Waals surface area contributed by atoms with Crippen molar-refractivity contribution >= 4 is 11.7 Å². The number of carbonyl (C=O) groups is 1. The highest BCUT2D eigenvalue weighted by Crippen LogP contribution is 2.32. The molecule has 1 aromatic carbocycles. The third-order valence-corrected chi connectivity index (χ3v) is 5.01. The summed E-state index contributed by atoms with van der Waals surface area (Å²) in [5.74, 6) is 1.02. The SMILES string of the molecule is C/C=C\C=C(/C)Oc1ccc(-c2nn([C@@H]3CCCN(C#N)C3)c(N)c2C(N)=O)cc1. The van der Waals surface area contributed by atoms with Crippen LogP contribution in [0, 0.1) is 11.5 Å². The molecule has 1 amide bonds. The molecule has 0 aliphatic carbocycles. The molecule has 1 saturated heterocycles. The van der Waals surface area contributed by atoms with Crippen molar-refractivity contribution in [3.8, 4) is 23.2 Å². The predicted molar refractivity (Wildman–Crippen MR) is 115 cm³/mol. The summed E-state index contributed by atoms with van der Waals surface area (Å²) in [5, 5.41) is 13.8. The first-order chi connectivity index (χ1) is 14.4. The molecular weight excluding hydrogens is 380 g/mol. The number of benzene rings is 1. The number of nitrogens with zero attached hydrogens (tertiary/aromatic N) is 4. The Morgan fingerprint density at radius 2 is 2.10 bits per heavy atom. The van der Waals surface area contributed by atoms with Gasteiger partial charge in [0.1, 0.15) is 28.6 Å². The molecule has 1 aliphatic rings. The van der Waals surface area contributed by atoms with E-state index in [1.54, 1.807) is 21.7 Å². The molecule has 0 radical (unpaired) electrons. The van der Waals surface area contributed by atoms with Crippen molar-refractivity contribution in [2.45, 2.75) is 32.7 Å². The van der Waals surface area contributed by atoms with E-state index in [1.165, 1.54) is 0 Å². The average molecular weight is 406 g/mol. The maximum absolute atomic E-state index is 12.1. The summed E-state index contributed by atoms with van der Waals surface area (Å²) in [6, 6.07) is 7.16. The third-order valence-electron chi connectivity index (χ3n) is 5.01. The number of hydrogen-bond acceptors (Lipinski definition) is 6. The number of piperidine rings is 1. The second-order valence-electron chi connectivity index (χ2n) is 7.19. The molecule has 2 aromatic rings. The van der Waals surface area contributed by atoms with Crippen molar-refractivity contribution in [1.82, 2.24) is 14.7 Å². The van der Waals surface area contributed by atoms with Gasteiger partial charge in [0.15, 0.2) is 6.19 Å². The van der Waals surface area contributed by atoms with Crippen LogP contribution in [-0.4, -0.2) is 33.7 Å². The number of primary amides is 1. The van der Waals surface area contributed by atoms with Crippen molar-refractivity contribution in [2.24, 2.45) is 5.73 Å². The molecule has 4 N–H and O–H groups in total. The van der Waals surface area contributed by atoms with Gasteiger partial charge < -0.3 is 21.1 Å². The molecule has 1 aromatic heterocycles. The number of nitrogens with two attached hydrogens (primary N) is 2. The van der Waals surface area contributed by atoms with E-state index in [9.17, 15) is 10.1 Å². The van der Waals surface area contributed by atoms with E-state index < -0.39 is 5.91 Å². The lowest BCUT2D eigenvalue weighted by molar-refractivity contribution is 0.100. The number of nitrogen functional groups attached to an aromatic ring is 1. The van der Waals surface area contributed by atoms with Gasteiger partial charge in [-0.25, -0.2) is 4.68 Å². The fourth-order valence-electron chi connectivity index (χ4n) is 3.55. The Morgan fingerprint density at radius 1 is 1.37 bits per heavy atom. The number of amides is 1. The second-order valence-corrected chi connectivity index (χ2v) is 7.19. The summed E-state index contributed by atoms with van der Waals surface area (Å²) in [7, 11) is 0. The molecule has 0 unspecified atom stereocenters. The van der Waals surface area contributed by atoms with Crippen LogP contribution in [-0.2, 0) is 0 Å². The van der Waals surface area contributed by atoms with Crippen molar-refractivity contribution in [2.75, 3.05) is 18.8 Å². The monoisotopic (exact) mass is 406 g/mol. The molecule has 156 valence electrons.